The number of rotatable bonds is 9. The number of aryl methyl sites for hydroxylation is 1. The number of anilines is 1. The summed E-state index contributed by atoms with van der Waals surface area (Å²) in [5, 5.41) is 6.84. The van der Waals surface area contributed by atoms with Crippen molar-refractivity contribution in [2.45, 2.75) is 26.8 Å². The molecule has 1 aromatic heterocycles. The maximum Gasteiger partial charge on any atom is 0.151 e. The Morgan fingerprint density at radius 2 is 1.69 bits per heavy atom. The van der Waals surface area contributed by atoms with Gasteiger partial charge < -0.3 is 9.42 Å². The lowest BCUT2D eigenvalue weighted by Gasteiger charge is -2.36. The van der Waals surface area contributed by atoms with Crippen LogP contribution in [-0.4, -0.2) is 60.8 Å². The number of benzene rings is 3. The van der Waals surface area contributed by atoms with Gasteiger partial charge in [0.05, 0.1) is 6.54 Å². The Morgan fingerprint density at radius 3 is 2.49 bits per heavy atom. The minimum atomic E-state index is 0.801. The molecule has 4 aromatic rings. The summed E-state index contributed by atoms with van der Waals surface area (Å²) in [6.45, 7) is 12.9. The molecule has 1 aliphatic heterocycles. The van der Waals surface area contributed by atoms with Crippen LogP contribution in [0.4, 0.5) is 5.69 Å². The summed E-state index contributed by atoms with van der Waals surface area (Å²) in [5.74, 6) is 0.932. The largest absolute Gasteiger partial charge is 0.369 e. The molecule has 0 bridgehead atoms. The van der Waals surface area contributed by atoms with Crippen molar-refractivity contribution in [1.29, 1.82) is 0 Å². The highest BCUT2D eigenvalue weighted by Crippen LogP contribution is 2.28. The lowest BCUT2D eigenvalue weighted by atomic mass is 10.0. The van der Waals surface area contributed by atoms with Gasteiger partial charge in [-0.1, -0.05) is 72.2 Å². The van der Waals surface area contributed by atoms with Crippen LogP contribution in [0.3, 0.4) is 0 Å². The zero-order chi connectivity index (χ0) is 24.0. The Hall–Kier alpha value is -3.15. The third-order valence-electron chi connectivity index (χ3n) is 7.17. The van der Waals surface area contributed by atoms with Crippen molar-refractivity contribution in [2.75, 3.05) is 50.7 Å². The van der Waals surface area contributed by atoms with Gasteiger partial charge in [0.1, 0.15) is 5.69 Å². The molecule has 0 spiro atoms. The molecule has 0 saturated carbocycles. The monoisotopic (exact) mass is 468 g/mol. The van der Waals surface area contributed by atoms with Crippen LogP contribution in [-0.2, 0) is 6.54 Å². The maximum atomic E-state index is 5.75. The molecule has 0 amide bonds. The van der Waals surface area contributed by atoms with Gasteiger partial charge in [-0.25, -0.2) is 0 Å². The Kier molecular flexibility index (Phi) is 7.45. The summed E-state index contributed by atoms with van der Waals surface area (Å²) >= 11 is 0. The molecule has 0 atom stereocenters. The molecule has 0 N–H and O–H groups in total. The molecule has 5 rings (SSSR count). The summed E-state index contributed by atoms with van der Waals surface area (Å²) in [5.41, 5.74) is 4.72. The van der Waals surface area contributed by atoms with Gasteiger partial charge in [0.2, 0.25) is 0 Å². The van der Waals surface area contributed by atoms with E-state index in [9.17, 15) is 0 Å². The molecule has 0 aliphatic carbocycles. The van der Waals surface area contributed by atoms with Crippen molar-refractivity contribution in [3.63, 3.8) is 0 Å². The molecule has 5 heteroatoms. The number of fused-ring (bicyclic) bond motifs is 1. The van der Waals surface area contributed by atoms with E-state index in [0.29, 0.717) is 0 Å². The highest BCUT2D eigenvalue weighted by atomic mass is 16.5. The summed E-state index contributed by atoms with van der Waals surface area (Å²) in [7, 11) is 0. The van der Waals surface area contributed by atoms with Gasteiger partial charge in [0.15, 0.2) is 5.76 Å². The number of aromatic nitrogens is 1. The first kappa shape index (κ1) is 23.6. The Labute approximate surface area is 208 Å². The minimum Gasteiger partial charge on any atom is -0.369 e. The standard InChI is InChI=1S/C30H36N4O/c1-3-32(16-7-17-33-18-20-34(21-19-33)26-14-12-24(2)13-15-26)23-27-22-30(31-35-27)29-11-6-9-25-8-4-5-10-28(25)29/h4-6,8-15,22H,3,7,16-21,23H2,1-2H3. The molecular formula is C30H36N4O. The van der Waals surface area contributed by atoms with Crippen LogP contribution < -0.4 is 4.90 Å². The molecule has 5 nitrogen and oxygen atoms in total. The van der Waals surface area contributed by atoms with Crippen LogP contribution >= 0.6 is 0 Å². The molecule has 182 valence electrons. The number of hydrogen-bond acceptors (Lipinski definition) is 5. The topological polar surface area (TPSA) is 35.8 Å². The second kappa shape index (κ2) is 11.1. The van der Waals surface area contributed by atoms with E-state index < -0.39 is 0 Å². The van der Waals surface area contributed by atoms with E-state index in [1.165, 1.54) is 28.4 Å². The Bertz CT molecular complexity index is 1220. The van der Waals surface area contributed by atoms with Crippen LogP contribution in [0.15, 0.2) is 77.3 Å². The van der Waals surface area contributed by atoms with Gasteiger partial charge in [0.25, 0.3) is 0 Å². The SMILES string of the molecule is CCN(CCCN1CCN(c2ccc(C)cc2)CC1)Cc1cc(-c2cccc3ccccc23)no1. The lowest BCUT2D eigenvalue weighted by molar-refractivity contribution is 0.206. The van der Waals surface area contributed by atoms with Crippen molar-refractivity contribution in [3.05, 3.63) is 84.1 Å². The Balaban J connectivity index is 1.10. The van der Waals surface area contributed by atoms with E-state index in [0.717, 1.165) is 69.4 Å². The average molecular weight is 469 g/mol. The Morgan fingerprint density at radius 1 is 0.914 bits per heavy atom. The lowest BCUT2D eigenvalue weighted by Crippen LogP contribution is -2.47. The van der Waals surface area contributed by atoms with Crippen LogP contribution in [0.5, 0.6) is 0 Å². The first-order valence-corrected chi connectivity index (χ1v) is 12.9. The molecule has 1 fully saturated rings. The van der Waals surface area contributed by atoms with Crippen LogP contribution in [0.2, 0.25) is 0 Å². The van der Waals surface area contributed by atoms with Crippen molar-refractivity contribution >= 4 is 16.5 Å². The summed E-state index contributed by atoms with van der Waals surface area (Å²) in [6.07, 6.45) is 1.17. The average Bonchev–Trinajstić information content (AvgIpc) is 3.37. The zero-order valence-corrected chi connectivity index (χ0v) is 21.0. The first-order valence-electron chi connectivity index (χ1n) is 12.9. The van der Waals surface area contributed by atoms with Crippen LogP contribution in [0.1, 0.15) is 24.7 Å². The molecule has 1 aliphatic rings. The van der Waals surface area contributed by atoms with Gasteiger partial charge in [-0.15, -0.1) is 0 Å². The van der Waals surface area contributed by atoms with Gasteiger partial charge >= 0.3 is 0 Å². The predicted octanol–water partition coefficient (Wildman–Crippen LogP) is 5.84. The van der Waals surface area contributed by atoms with Crippen LogP contribution in [0, 0.1) is 6.92 Å². The normalized spacial score (nSPS) is 14.8. The molecule has 1 saturated heterocycles. The molecule has 2 heterocycles. The molecule has 0 unspecified atom stereocenters. The van der Waals surface area contributed by atoms with Gasteiger partial charge in [-0.05, 0) is 55.9 Å². The fourth-order valence-electron chi connectivity index (χ4n) is 5.04. The third kappa shape index (κ3) is 5.75. The smallest absolute Gasteiger partial charge is 0.151 e. The minimum absolute atomic E-state index is 0.801. The highest BCUT2D eigenvalue weighted by Gasteiger charge is 2.17. The van der Waals surface area contributed by atoms with E-state index in [1.807, 2.05) is 0 Å². The van der Waals surface area contributed by atoms with E-state index in [4.69, 9.17) is 4.52 Å². The first-order chi connectivity index (χ1) is 17.2. The number of nitrogens with zero attached hydrogens (tertiary/aromatic N) is 4. The van der Waals surface area contributed by atoms with Gasteiger partial charge in [-0.3, -0.25) is 9.80 Å². The molecular weight excluding hydrogens is 432 g/mol. The van der Waals surface area contributed by atoms with Gasteiger partial charge in [0, 0.05) is 43.5 Å². The van der Waals surface area contributed by atoms with Crippen molar-refractivity contribution in [3.8, 4) is 11.3 Å². The maximum absolute atomic E-state index is 5.75. The highest BCUT2D eigenvalue weighted by molar-refractivity contribution is 5.95. The van der Waals surface area contributed by atoms with Crippen molar-refractivity contribution in [2.24, 2.45) is 0 Å². The van der Waals surface area contributed by atoms with E-state index in [2.05, 4.69) is 107 Å². The predicted molar refractivity (Wildman–Crippen MR) is 145 cm³/mol. The zero-order valence-electron chi connectivity index (χ0n) is 21.0. The van der Waals surface area contributed by atoms with Gasteiger partial charge in [-0.2, -0.15) is 0 Å². The van der Waals surface area contributed by atoms with Crippen LogP contribution in [0.25, 0.3) is 22.0 Å². The summed E-state index contributed by atoms with van der Waals surface area (Å²) in [6, 6.07) is 25.8. The molecule has 35 heavy (non-hydrogen) atoms. The van der Waals surface area contributed by atoms with E-state index in [1.54, 1.807) is 0 Å². The molecule has 0 radical (unpaired) electrons. The van der Waals surface area contributed by atoms with E-state index >= 15 is 0 Å². The van der Waals surface area contributed by atoms with E-state index in [-0.39, 0.29) is 0 Å². The fraction of sp³-hybridized carbons (Fsp3) is 0.367. The van der Waals surface area contributed by atoms with Crippen molar-refractivity contribution < 1.29 is 4.52 Å². The number of piperazine rings is 1. The van der Waals surface area contributed by atoms with Crippen molar-refractivity contribution in [1.82, 2.24) is 15.0 Å². The second-order valence-electron chi connectivity index (χ2n) is 9.59. The summed E-state index contributed by atoms with van der Waals surface area (Å²) < 4.78 is 5.75. The fourth-order valence-corrected chi connectivity index (χ4v) is 5.04. The quantitative estimate of drug-likeness (QED) is 0.308. The summed E-state index contributed by atoms with van der Waals surface area (Å²) in [4.78, 5) is 7.56. The number of hydrogen-bond donors (Lipinski definition) is 0. The molecule has 3 aromatic carbocycles. The third-order valence-corrected chi connectivity index (χ3v) is 7.17. The second-order valence-corrected chi connectivity index (χ2v) is 9.59.